The van der Waals surface area contributed by atoms with Gasteiger partial charge in [0.2, 0.25) is 0 Å². The molecule has 1 aromatic rings. The number of piperidine rings is 1. The molecule has 19 heavy (non-hydrogen) atoms. The van der Waals surface area contributed by atoms with E-state index in [1.165, 1.54) is 50.7 Å². The molecule has 0 atom stereocenters. The minimum absolute atomic E-state index is 0.452. The molecule has 0 amide bonds. The summed E-state index contributed by atoms with van der Waals surface area (Å²) in [5, 5.41) is 0. The summed E-state index contributed by atoms with van der Waals surface area (Å²) in [5.74, 6) is 0.530. The number of quaternary nitrogens is 1. The van der Waals surface area contributed by atoms with Crippen LogP contribution in [0.25, 0.3) is 0 Å². The molecule has 1 aliphatic rings. The van der Waals surface area contributed by atoms with Gasteiger partial charge in [0.1, 0.15) is 0 Å². The normalized spacial score (nSPS) is 24.3. The average molecular weight is 282 g/mol. The number of hydrogen-bond donors (Lipinski definition) is 1. The monoisotopic (exact) mass is 282 g/mol. The summed E-state index contributed by atoms with van der Waals surface area (Å²) < 4.78 is 23.2. The van der Waals surface area contributed by atoms with Crippen molar-refractivity contribution >= 4 is 9.84 Å². The van der Waals surface area contributed by atoms with Crippen LogP contribution in [0.4, 0.5) is 0 Å². The van der Waals surface area contributed by atoms with Crippen LogP contribution in [-0.2, 0) is 9.84 Å². The molecule has 1 aromatic carbocycles. The zero-order valence-corrected chi connectivity index (χ0v) is 12.7. The maximum absolute atomic E-state index is 11.6. The van der Waals surface area contributed by atoms with Crippen LogP contribution >= 0.6 is 0 Å². The maximum Gasteiger partial charge on any atom is 0.175 e. The molecule has 1 fully saturated rings. The molecule has 1 saturated heterocycles. The van der Waals surface area contributed by atoms with Crippen molar-refractivity contribution in [1.82, 2.24) is 0 Å². The Labute approximate surface area is 116 Å². The fourth-order valence-corrected chi connectivity index (χ4v) is 3.64. The molecule has 0 aliphatic carbocycles. The third-order valence-electron chi connectivity index (χ3n) is 4.05. The van der Waals surface area contributed by atoms with Gasteiger partial charge >= 0.3 is 0 Å². The predicted molar refractivity (Wildman–Crippen MR) is 77.4 cm³/mol. The van der Waals surface area contributed by atoms with Crippen LogP contribution < -0.4 is 4.90 Å². The molecule has 106 valence electrons. The van der Waals surface area contributed by atoms with Crippen molar-refractivity contribution in [2.45, 2.75) is 37.0 Å². The second kappa shape index (κ2) is 6.06. The van der Waals surface area contributed by atoms with Gasteiger partial charge in [-0.25, -0.2) is 8.42 Å². The number of sulfone groups is 1. The van der Waals surface area contributed by atoms with Crippen LogP contribution in [0, 0.1) is 0 Å². The highest BCUT2D eigenvalue weighted by atomic mass is 32.2. The van der Waals surface area contributed by atoms with Crippen LogP contribution in [0.5, 0.6) is 0 Å². The molecular weight excluding hydrogens is 258 g/mol. The zero-order valence-electron chi connectivity index (χ0n) is 11.9. The van der Waals surface area contributed by atoms with Crippen molar-refractivity contribution in [3.05, 3.63) is 29.8 Å². The van der Waals surface area contributed by atoms with E-state index in [9.17, 15) is 8.42 Å². The number of hydrogen-bond acceptors (Lipinski definition) is 2. The second-order valence-corrected chi connectivity index (χ2v) is 7.63. The first kappa shape index (κ1) is 14.5. The van der Waals surface area contributed by atoms with Crippen molar-refractivity contribution in [2.75, 3.05) is 25.9 Å². The number of benzene rings is 1. The third-order valence-corrected chi connectivity index (χ3v) is 5.16. The van der Waals surface area contributed by atoms with Gasteiger partial charge in [-0.3, -0.25) is 0 Å². The largest absolute Gasteiger partial charge is 0.335 e. The Morgan fingerprint density at radius 3 is 2.53 bits per heavy atom. The minimum atomic E-state index is -3.09. The fourth-order valence-electron chi connectivity index (χ4n) is 2.96. The summed E-state index contributed by atoms with van der Waals surface area (Å²) in [4.78, 5) is 2.14. The van der Waals surface area contributed by atoms with Crippen molar-refractivity contribution in [3.63, 3.8) is 0 Å². The summed E-state index contributed by atoms with van der Waals surface area (Å²) in [6.07, 6.45) is 4.86. The Bertz CT molecular complexity index is 517. The lowest BCUT2D eigenvalue weighted by Crippen LogP contribution is -3.13. The summed E-state index contributed by atoms with van der Waals surface area (Å²) in [6, 6.07) is 7.50. The fraction of sp³-hybridized carbons (Fsp3) is 0.600. The van der Waals surface area contributed by atoms with Gasteiger partial charge in [0.25, 0.3) is 0 Å². The Morgan fingerprint density at radius 2 is 1.95 bits per heavy atom. The number of likely N-dealkylation sites (tertiary alicyclic amines) is 1. The van der Waals surface area contributed by atoms with Crippen LogP contribution in [0.2, 0.25) is 0 Å². The number of nitrogens with one attached hydrogen (secondary N) is 1. The average Bonchev–Trinajstić information content (AvgIpc) is 2.39. The quantitative estimate of drug-likeness (QED) is 0.903. The van der Waals surface area contributed by atoms with E-state index >= 15 is 0 Å². The van der Waals surface area contributed by atoms with Gasteiger partial charge in [0.05, 0.1) is 24.5 Å². The van der Waals surface area contributed by atoms with E-state index in [4.69, 9.17) is 0 Å². The smallest absolute Gasteiger partial charge is 0.175 e. The first-order valence-corrected chi connectivity index (χ1v) is 9.03. The van der Waals surface area contributed by atoms with E-state index in [2.05, 4.69) is 13.0 Å². The Kier molecular flexibility index (Phi) is 4.63. The molecule has 0 aromatic heterocycles. The summed E-state index contributed by atoms with van der Waals surface area (Å²) in [6.45, 7) is 5.91. The van der Waals surface area contributed by atoms with Crippen molar-refractivity contribution in [3.8, 4) is 0 Å². The van der Waals surface area contributed by atoms with Crippen LogP contribution in [-0.4, -0.2) is 34.3 Å². The van der Waals surface area contributed by atoms with Gasteiger partial charge in [-0.1, -0.05) is 19.1 Å². The molecule has 4 heteroatoms. The first-order chi connectivity index (χ1) is 9.00. The molecule has 0 radical (unpaired) electrons. The van der Waals surface area contributed by atoms with Crippen molar-refractivity contribution < 1.29 is 13.3 Å². The lowest BCUT2D eigenvalue weighted by Gasteiger charge is -2.29. The molecule has 0 unspecified atom stereocenters. The molecule has 2 rings (SSSR count). The third kappa shape index (κ3) is 3.80. The Morgan fingerprint density at radius 1 is 1.26 bits per heavy atom. The molecule has 1 aliphatic heterocycles. The standard InChI is InChI=1S/C15H23NO2S/c1-3-9-16-10-7-13(8-11-16)14-5-4-6-15(12-14)19(2,17)18/h4-6,12-13H,3,7-11H2,1-2H3/p+1. The summed E-state index contributed by atoms with van der Waals surface area (Å²) >= 11 is 0. The SMILES string of the molecule is CCC[NH+]1CCC(c2cccc(S(C)(=O)=O)c2)CC1. The lowest BCUT2D eigenvalue weighted by molar-refractivity contribution is -0.905. The second-order valence-electron chi connectivity index (χ2n) is 5.62. The van der Waals surface area contributed by atoms with Gasteiger partial charge < -0.3 is 4.90 Å². The molecular formula is C15H24NO2S+. The van der Waals surface area contributed by atoms with Gasteiger partial charge in [-0.2, -0.15) is 0 Å². The lowest BCUT2D eigenvalue weighted by atomic mass is 9.89. The molecule has 0 spiro atoms. The zero-order chi connectivity index (χ0) is 13.9. The summed E-state index contributed by atoms with van der Waals surface area (Å²) in [5.41, 5.74) is 1.19. The Balaban J connectivity index is 2.08. The highest BCUT2D eigenvalue weighted by Crippen LogP contribution is 2.25. The van der Waals surface area contributed by atoms with Gasteiger partial charge in [0.15, 0.2) is 9.84 Å². The van der Waals surface area contributed by atoms with Gasteiger partial charge in [-0.05, 0) is 30.0 Å². The molecule has 1 N–H and O–H groups in total. The van der Waals surface area contributed by atoms with E-state index in [-0.39, 0.29) is 0 Å². The highest BCUT2D eigenvalue weighted by Gasteiger charge is 2.23. The van der Waals surface area contributed by atoms with Gasteiger partial charge in [0, 0.05) is 19.1 Å². The maximum atomic E-state index is 11.6. The Hall–Kier alpha value is -0.870. The minimum Gasteiger partial charge on any atom is -0.335 e. The van der Waals surface area contributed by atoms with E-state index in [0.29, 0.717) is 10.8 Å². The van der Waals surface area contributed by atoms with E-state index < -0.39 is 9.84 Å². The summed E-state index contributed by atoms with van der Waals surface area (Å²) in [7, 11) is -3.09. The first-order valence-electron chi connectivity index (χ1n) is 7.14. The van der Waals surface area contributed by atoms with Crippen LogP contribution in [0.3, 0.4) is 0 Å². The van der Waals surface area contributed by atoms with E-state index in [0.717, 1.165) is 0 Å². The van der Waals surface area contributed by atoms with Gasteiger partial charge in [-0.15, -0.1) is 0 Å². The highest BCUT2D eigenvalue weighted by molar-refractivity contribution is 7.90. The van der Waals surface area contributed by atoms with Crippen molar-refractivity contribution in [2.24, 2.45) is 0 Å². The van der Waals surface area contributed by atoms with E-state index in [1.54, 1.807) is 11.0 Å². The van der Waals surface area contributed by atoms with Crippen molar-refractivity contribution in [1.29, 1.82) is 0 Å². The predicted octanol–water partition coefficient (Wildman–Crippen LogP) is 1.26. The molecule has 3 nitrogen and oxygen atoms in total. The molecule has 0 bridgehead atoms. The van der Waals surface area contributed by atoms with Crippen LogP contribution in [0.1, 0.15) is 37.7 Å². The van der Waals surface area contributed by atoms with E-state index in [1.807, 2.05) is 12.1 Å². The molecule has 0 saturated carbocycles. The van der Waals surface area contributed by atoms with Crippen LogP contribution in [0.15, 0.2) is 29.2 Å². The topological polar surface area (TPSA) is 38.6 Å². The number of rotatable bonds is 4. The molecule has 1 heterocycles.